The van der Waals surface area contributed by atoms with Crippen LogP contribution in [0.1, 0.15) is 41.5 Å². The van der Waals surface area contributed by atoms with Crippen molar-refractivity contribution >= 4 is 0 Å². The predicted molar refractivity (Wildman–Crippen MR) is 63.1 cm³/mol. The second kappa shape index (κ2) is 3.97. The van der Waals surface area contributed by atoms with Crippen molar-refractivity contribution in [1.29, 1.82) is 0 Å². The van der Waals surface area contributed by atoms with E-state index >= 15 is 0 Å². The number of aryl methyl sites for hydroxylation is 1. The number of hydrogen-bond acceptors (Lipinski definition) is 1. The van der Waals surface area contributed by atoms with E-state index in [4.69, 9.17) is 0 Å². The summed E-state index contributed by atoms with van der Waals surface area (Å²) in [5.41, 5.74) is 6.57. The quantitative estimate of drug-likeness (QED) is 0.636. The molecule has 0 unspecified atom stereocenters. The van der Waals surface area contributed by atoms with Crippen molar-refractivity contribution in [2.45, 2.75) is 45.1 Å². The summed E-state index contributed by atoms with van der Waals surface area (Å²) in [5, 5.41) is 3.51. The molecule has 15 heavy (non-hydrogen) atoms. The van der Waals surface area contributed by atoms with Crippen LogP contribution in [0.5, 0.6) is 0 Å². The van der Waals surface area contributed by atoms with Gasteiger partial charge in [-0.15, -0.1) is 0 Å². The molecule has 1 N–H and O–H groups in total. The first-order chi connectivity index (χ1) is 7.45. The highest BCUT2D eigenvalue weighted by atomic mass is 14.9. The van der Waals surface area contributed by atoms with E-state index in [-0.39, 0.29) is 0 Å². The van der Waals surface area contributed by atoms with Gasteiger partial charge in [-0.05, 0) is 60.9 Å². The molecule has 1 heterocycles. The fourth-order valence-corrected chi connectivity index (χ4v) is 3.02. The summed E-state index contributed by atoms with van der Waals surface area (Å²) in [6.45, 7) is 2.27. The maximum absolute atomic E-state index is 3.51. The fourth-order valence-electron chi connectivity index (χ4n) is 3.02. The summed E-state index contributed by atoms with van der Waals surface area (Å²) in [7, 11) is 0. The number of nitrogens with one attached hydrogen (secondary N) is 1. The van der Waals surface area contributed by atoms with E-state index in [1.807, 2.05) is 0 Å². The van der Waals surface area contributed by atoms with Crippen LogP contribution in [0.25, 0.3) is 0 Å². The molecule has 1 aliphatic carbocycles. The Labute approximate surface area is 91.9 Å². The van der Waals surface area contributed by atoms with Gasteiger partial charge < -0.3 is 5.32 Å². The van der Waals surface area contributed by atoms with Gasteiger partial charge in [-0.2, -0.15) is 0 Å². The molecular formula is C14H19N. The Bertz CT molecular complexity index is 368. The van der Waals surface area contributed by atoms with Crippen LogP contribution in [-0.2, 0) is 25.8 Å². The Morgan fingerprint density at radius 2 is 1.60 bits per heavy atom. The zero-order valence-electron chi connectivity index (χ0n) is 9.31. The lowest BCUT2D eigenvalue weighted by Crippen LogP contribution is -2.25. The van der Waals surface area contributed by atoms with Crippen LogP contribution in [0.2, 0.25) is 0 Å². The highest BCUT2D eigenvalue weighted by Crippen LogP contribution is 2.27. The molecule has 0 radical (unpaired) electrons. The van der Waals surface area contributed by atoms with Gasteiger partial charge in [-0.1, -0.05) is 18.6 Å². The van der Waals surface area contributed by atoms with Crippen molar-refractivity contribution in [1.82, 2.24) is 5.32 Å². The zero-order chi connectivity index (χ0) is 10.1. The lowest BCUT2D eigenvalue weighted by molar-refractivity contribution is 0.634. The maximum atomic E-state index is 3.51. The summed E-state index contributed by atoms with van der Waals surface area (Å²) in [5.74, 6) is 0. The first kappa shape index (κ1) is 9.41. The van der Waals surface area contributed by atoms with Crippen molar-refractivity contribution in [3.05, 3.63) is 34.4 Å². The second-order valence-corrected chi connectivity index (χ2v) is 4.83. The van der Waals surface area contributed by atoms with Crippen molar-refractivity contribution in [2.24, 2.45) is 0 Å². The Morgan fingerprint density at radius 1 is 0.800 bits per heavy atom. The molecule has 0 fully saturated rings. The second-order valence-electron chi connectivity index (χ2n) is 4.83. The molecule has 80 valence electrons. The molecule has 3 rings (SSSR count). The molecule has 0 saturated heterocycles. The SMILES string of the molecule is c1cc2c(c3c1CCCCC3)CNCC2. The van der Waals surface area contributed by atoms with E-state index in [2.05, 4.69) is 17.4 Å². The highest BCUT2D eigenvalue weighted by Gasteiger charge is 2.17. The van der Waals surface area contributed by atoms with E-state index < -0.39 is 0 Å². The van der Waals surface area contributed by atoms with Crippen LogP contribution in [0, 0.1) is 0 Å². The fraction of sp³-hybridized carbons (Fsp3) is 0.571. The summed E-state index contributed by atoms with van der Waals surface area (Å²) in [4.78, 5) is 0. The molecule has 1 heteroatoms. The lowest BCUT2D eigenvalue weighted by atomic mass is 9.90. The monoisotopic (exact) mass is 201 g/mol. The van der Waals surface area contributed by atoms with E-state index in [1.165, 1.54) is 38.5 Å². The predicted octanol–water partition coefficient (Wildman–Crippen LogP) is 2.60. The minimum Gasteiger partial charge on any atom is -0.312 e. The van der Waals surface area contributed by atoms with E-state index in [0.29, 0.717) is 0 Å². The van der Waals surface area contributed by atoms with Crippen molar-refractivity contribution in [3.63, 3.8) is 0 Å². The van der Waals surface area contributed by atoms with Gasteiger partial charge in [-0.25, -0.2) is 0 Å². The van der Waals surface area contributed by atoms with Crippen molar-refractivity contribution in [3.8, 4) is 0 Å². The number of rotatable bonds is 0. The largest absolute Gasteiger partial charge is 0.312 e. The average molecular weight is 201 g/mol. The van der Waals surface area contributed by atoms with E-state index in [1.54, 1.807) is 22.3 Å². The molecule has 0 spiro atoms. The van der Waals surface area contributed by atoms with Gasteiger partial charge in [0.05, 0.1) is 0 Å². The van der Waals surface area contributed by atoms with Crippen LogP contribution < -0.4 is 5.32 Å². The Morgan fingerprint density at radius 3 is 2.53 bits per heavy atom. The topological polar surface area (TPSA) is 12.0 Å². The molecule has 1 aromatic carbocycles. The molecule has 1 aliphatic heterocycles. The van der Waals surface area contributed by atoms with Crippen molar-refractivity contribution in [2.75, 3.05) is 6.54 Å². The first-order valence-electron chi connectivity index (χ1n) is 6.28. The summed E-state index contributed by atoms with van der Waals surface area (Å²) in [6, 6.07) is 4.77. The molecule has 0 bridgehead atoms. The molecule has 2 aliphatic rings. The van der Waals surface area contributed by atoms with Gasteiger partial charge in [0.25, 0.3) is 0 Å². The standard InChI is InChI=1S/C14H19N/c1-2-4-11-6-7-12-8-9-15-10-14(12)13(11)5-3-1/h6-7,15H,1-5,8-10H2. The van der Waals surface area contributed by atoms with Gasteiger partial charge in [0, 0.05) is 6.54 Å². The minimum absolute atomic E-state index is 1.11. The molecule has 1 nitrogen and oxygen atoms in total. The normalized spacial score (nSPS) is 20.3. The maximum Gasteiger partial charge on any atom is 0.0211 e. The lowest BCUT2D eigenvalue weighted by Gasteiger charge is -2.22. The number of benzene rings is 1. The summed E-state index contributed by atoms with van der Waals surface area (Å²) >= 11 is 0. The average Bonchev–Trinajstić information content (AvgIpc) is 2.54. The van der Waals surface area contributed by atoms with E-state index in [0.717, 1.165) is 13.1 Å². The third kappa shape index (κ3) is 1.69. The van der Waals surface area contributed by atoms with Crippen LogP contribution in [0.4, 0.5) is 0 Å². The Balaban J connectivity index is 2.08. The molecular weight excluding hydrogens is 182 g/mol. The van der Waals surface area contributed by atoms with Crippen LogP contribution in [0.15, 0.2) is 12.1 Å². The number of hydrogen-bond donors (Lipinski definition) is 1. The molecule has 0 atom stereocenters. The Hall–Kier alpha value is -0.820. The smallest absolute Gasteiger partial charge is 0.0211 e. The van der Waals surface area contributed by atoms with Crippen molar-refractivity contribution < 1.29 is 0 Å². The van der Waals surface area contributed by atoms with Gasteiger partial charge in [0.2, 0.25) is 0 Å². The van der Waals surface area contributed by atoms with Crippen LogP contribution in [-0.4, -0.2) is 6.54 Å². The zero-order valence-corrected chi connectivity index (χ0v) is 9.31. The van der Waals surface area contributed by atoms with Gasteiger partial charge >= 0.3 is 0 Å². The van der Waals surface area contributed by atoms with Gasteiger partial charge in [0.1, 0.15) is 0 Å². The highest BCUT2D eigenvalue weighted by molar-refractivity contribution is 5.43. The third-order valence-electron chi connectivity index (χ3n) is 3.87. The van der Waals surface area contributed by atoms with E-state index in [9.17, 15) is 0 Å². The Kier molecular flexibility index (Phi) is 2.49. The minimum atomic E-state index is 1.11. The first-order valence-corrected chi connectivity index (χ1v) is 6.28. The molecule has 0 saturated carbocycles. The molecule has 0 aromatic heterocycles. The van der Waals surface area contributed by atoms with Crippen LogP contribution in [0.3, 0.4) is 0 Å². The molecule has 1 aromatic rings. The summed E-state index contributed by atoms with van der Waals surface area (Å²) < 4.78 is 0. The third-order valence-corrected chi connectivity index (χ3v) is 3.87. The van der Waals surface area contributed by atoms with Crippen LogP contribution >= 0.6 is 0 Å². The number of fused-ring (bicyclic) bond motifs is 3. The molecule has 0 amide bonds. The van der Waals surface area contributed by atoms with Gasteiger partial charge in [0.15, 0.2) is 0 Å². The summed E-state index contributed by atoms with van der Waals surface area (Å²) in [6.07, 6.45) is 8.05. The van der Waals surface area contributed by atoms with Gasteiger partial charge in [-0.3, -0.25) is 0 Å².